The molecular formula is C15H11Cl3FNOS. The van der Waals surface area contributed by atoms with Crippen LogP contribution in [0.4, 0.5) is 10.1 Å². The number of anilines is 1. The summed E-state index contributed by atoms with van der Waals surface area (Å²) in [6.45, 7) is 1.74. The number of carbonyl (C=O) groups excluding carboxylic acids is 1. The summed E-state index contributed by atoms with van der Waals surface area (Å²) in [7, 11) is 0. The normalized spacial score (nSPS) is 12.0. The molecule has 0 spiro atoms. The van der Waals surface area contributed by atoms with Crippen molar-refractivity contribution < 1.29 is 9.18 Å². The van der Waals surface area contributed by atoms with Crippen molar-refractivity contribution in [1.82, 2.24) is 0 Å². The smallest absolute Gasteiger partial charge is 0.237 e. The van der Waals surface area contributed by atoms with Crippen LogP contribution in [0.1, 0.15) is 6.92 Å². The second kappa shape index (κ2) is 7.55. The SMILES string of the molecule is CC(Sc1ccc(F)cc1)C(=O)Nc1c(Cl)cc(Cl)cc1Cl. The van der Waals surface area contributed by atoms with Crippen LogP contribution in [0.15, 0.2) is 41.3 Å². The van der Waals surface area contributed by atoms with Gasteiger partial charge in [-0.15, -0.1) is 11.8 Å². The maximum absolute atomic E-state index is 12.9. The van der Waals surface area contributed by atoms with Crippen molar-refractivity contribution in [3.63, 3.8) is 0 Å². The van der Waals surface area contributed by atoms with Crippen molar-refractivity contribution >= 4 is 58.2 Å². The van der Waals surface area contributed by atoms with Crippen LogP contribution in [0.2, 0.25) is 15.1 Å². The standard InChI is InChI=1S/C15H11Cl3FNOS/c1-8(22-11-4-2-10(19)3-5-11)15(21)20-14-12(17)6-9(16)7-13(14)18/h2-8H,1H3,(H,20,21). The van der Waals surface area contributed by atoms with E-state index in [-0.39, 0.29) is 21.8 Å². The lowest BCUT2D eigenvalue weighted by atomic mass is 10.3. The molecule has 1 atom stereocenters. The second-order valence-corrected chi connectivity index (χ2v) is 7.11. The fourth-order valence-corrected chi connectivity index (χ4v) is 3.44. The lowest BCUT2D eigenvalue weighted by Gasteiger charge is -2.14. The minimum Gasteiger partial charge on any atom is -0.323 e. The molecule has 0 aliphatic carbocycles. The highest BCUT2D eigenvalue weighted by Crippen LogP contribution is 2.34. The summed E-state index contributed by atoms with van der Waals surface area (Å²) >= 11 is 19.2. The molecule has 1 amide bonds. The van der Waals surface area contributed by atoms with Crippen LogP contribution in [0.25, 0.3) is 0 Å². The molecule has 1 unspecified atom stereocenters. The molecule has 2 aromatic carbocycles. The van der Waals surface area contributed by atoms with Crippen molar-refractivity contribution in [3.8, 4) is 0 Å². The van der Waals surface area contributed by atoms with Crippen LogP contribution in [0, 0.1) is 5.82 Å². The number of rotatable bonds is 4. The third kappa shape index (κ3) is 4.53. The van der Waals surface area contributed by atoms with Gasteiger partial charge in [0.1, 0.15) is 5.82 Å². The highest BCUT2D eigenvalue weighted by molar-refractivity contribution is 8.00. The molecule has 116 valence electrons. The summed E-state index contributed by atoms with van der Waals surface area (Å²) in [6, 6.07) is 8.93. The number of nitrogens with one attached hydrogen (secondary N) is 1. The Bertz CT molecular complexity index is 671. The monoisotopic (exact) mass is 377 g/mol. The summed E-state index contributed by atoms with van der Waals surface area (Å²) in [4.78, 5) is 13.0. The molecule has 0 saturated heterocycles. The number of thioether (sulfide) groups is 1. The van der Waals surface area contributed by atoms with Gasteiger partial charge in [0.2, 0.25) is 5.91 Å². The Labute approximate surface area is 146 Å². The van der Waals surface area contributed by atoms with E-state index in [1.54, 1.807) is 19.1 Å². The van der Waals surface area contributed by atoms with E-state index in [0.717, 1.165) is 4.90 Å². The van der Waals surface area contributed by atoms with Crippen LogP contribution < -0.4 is 5.32 Å². The third-order valence-electron chi connectivity index (χ3n) is 2.75. The van der Waals surface area contributed by atoms with Gasteiger partial charge in [-0.2, -0.15) is 0 Å². The Balaban J connectivity index is 2.07. The molecule has 0 saturated carbocycles. The van der Waals surface area contributed by atoms with E-state index in [1.165, 1.54) is 36.0 Å². The Morgan fingerprint density at radius 3 is 2.23 bits per heavy atom. The molecule has 0 aliphatic rings. The number of halogens is 4. The van der Waals surface area contributed by atoms with E-state index < -0.39 is 5.25 Å². The van der Waals surface area contributed by atoms with Gasteiger partial charge in [0.05, 0.1) is 21.0 Å². The first-order valence-corrected chi connectivity index (χ1v) is 8.26. The van der Waals surface area contributed by atoms with Crippen molar-refractivity contribution in [3.05, 3.63) is 57.3 Å². The maximum atomic E-state index is 12.9. The predicted octanol–water partition coefficient (Wildman–Crippen LogP) is 5.91. The van der Waals surface area contributed by atoms with Gasteiger partial charge in [-0.25, -0.2) is 4.39 Å². The predicted molar refractivity (Wildman–Crippen MR) is 91.8 cm³/mol. The number of hydrogen-bond acceptors (Lipinski definition) is 2. The van der Waals surface area contributed by atoms with Crippen molar-refractivity contribution in [2.45, 2.75) is 17.1 Å². The van der Waals surface area contributed by atoms with E-state index in [0.29, 0.717) is 10.7 Å². The number of carbonyl (C=O) groups is 1. The molecule has 0 radical (unpaired) electrons. The summed E-state index contributed by atoms with van der Waals surface area (Å²) in [5.41, 5.74) is 0.323. The van der Waals surface area contributed by atoms with E-state index in [4.69, 9.17) is 34.8 Å². The third-order valence-corrected chi connectivity index (χ3v) is 4.68. The van der Waals surface area contributed by atoms with Gasteiger partial charge in [0.25, 0.3) is 0 Å². The minimum absolute atomic E-state index is 0.263. The molecule has 22 heavy (non-hydrogen) atoms. The summed E-state index contributed by atoms with van der Waals surface area (Å²) in [6.07, 6.45) is 0. The first-order valence-electron chi connectivity index (χ1n) is 6.24. The van der Waals surface area contributed by atoms with Gasteiger partial charge in [-0.3, -0.25) is 4.79 Å². The minimum atomic E-state index is -0.409. The molecule has 0 fully saturated rings. The summed E-state index contributed by atoms with van der Waals surface area (Å²) in [5.74, 6) is -0.582. The van der Waals surface area contributed by atoms with Gasteiger partial charge in [0.15, 0.2) is 0 Å². The number of benzene rings is 2. The molecule has 0 bridgehead atoms. The molecule has 7 heteroatoms. The highest BCUT2D eigenvalue weighted by Gasteiger charge is 2.18. The molecule has 0 heterocycles. The molecule has 2 rings (SSSR count). The van der Waals surface area contributed by atoms with Crippen molar-refractivity contribution in [2.75, 3.05) is 5.32 Å². The lowest BCUT2D eigenvalue weighted by Crippen LogP contribution is -2.22. The van der Waals surface area contributed by atoms with Gasteiger partial charge in [0, 0.05) is 9.92 Å². The number of hydrogen-bond donors (Lipinski definition) is 1. The first-order chi connectivity index (χ1) is 10.4. The average Bonchev–Trinajstić information content (AvgIpc) is 2.45. The Kier molecular flexibility index (Phi) is 5.98. The van der Waals surface area contributed by atoms with E-state index >= 15 is 0 Å². The zero-order valence-electron chi connectivity index (χ0n) is 11.4. The van der Waals surface area contributed by atoms with E-state index in [2.05, 4.69) is 5.32 Å². The van der Waals surface area contributed by atoms with E-state index in [9.17, 15) is 9.18 Å². The van der Waals surface area contributed by atoms with Gasteiger partial charge >= 0.3 is 0 Å². The Morgan fingerprint density at radius 2 is 1.68 bits per heavy atom. The molecule has 1 N–H and O–H groups in total. The maximum Gasteiger partial charge on any atom is 0.237 e. The second-order valence-electron chi connectivity index (χ2n) is 4.45. The zero-order chi connectivity index (χ0) is 16.3. The molecule has 2 nitrogen and oxygen atoms in total. The van der Waals surface area contributed by atoms with Crippen LogP contribution in [0.3, 0.4) is 0 Å². The topological polar surface area (TPSA) is 29.1 Å². The quantitative estimate of drug-likeness (QED) is 0.671. The highest BCUT2D eigenvalue weighted by atomic mass is 35.5. The van der Waals surface area contributed by atoms with Gasteiger partial charge < -0.3 is 5.32 Å². The first kappa shape index (κ1) is 17.4. The number of amides is 1. The molecule has 0 aromatic heterocycles. The van der Waals surface area contributed by atoms with Gasteiger partial charge in [-0.1, -0.05) is 34.8 Å². The van der Waals surface area contributed by atoms with Crippen LogP contribution in [-0.2, 0) is 4.79 Å². The molecular weight excluding hydrogens is 368 g/mol. The van der Waals surface area contributed by atoms with Crippen LogP contribution in [0.5, 0.6) is 0 Å². The molecule has 2 aromatic rings. The van der Waals surface area contributed by atoms with Crippen molar-refractivity contribution in [1.29, 1.82) is 0 Å². The fraction of sp³-hybridized carbons (Fsp3) is 0.133. The fourth-order valence-electron chi connectivity index (χ4n) is 1.66. The largest absolute Gasteiger partial charge is 0.323 e. The Hall–Kier alpha value is -0.940. The summed E-state index contributed by atoms with van der Waals surface area (Å²) in [5, 5.41) is 3.20. The van der Waals surface area contributed by atoms with Crippen molar-refractivity contribution in [2.24, 2.45) is 0 Å². The lowest BCUT2D eigenvalue weighted by molar-refractivity contribution is -0.115. The van der Waals surface area contributed by atoms with Crippen LogP contribution >= 0.6 is 46.6 Å². The summed E-state index contributed by atoms with van der Waals surface area (Å²) < 4.78 is 12.9. The Morgan fingerprint density at radius 1 is 1.14 bits per heavy atom. The average molecular weight is 379 g/mol. The van der Waals surface area contributed by atoms with Gasteiger partial charge in [-0.05, 0) is 43.3 Å². The molecule has 0 aliphatic heterocycles. The van der Waals surface area contributed by atoms with E-state index in [1.807, 2.05) is 0 Å². The zero-order valence-corrected chi connectivity index (χ0v) is 14.5. The van der Waals surface area contributed by atoms with Crippen LogP contribution in [-0.4, -0.2) is 11.2 Å².